The van der Waals surface area contributed by atoms with Crippen LogP contribution in [0.1, 0.15) is 33.9 Å². The molecule has 4 aromatic rings. The van der Waals surface area contributed by atoms with E-state index in [1.165, 1.54) is 0 Å². The summed E-state index contributed by atoms with van der Waals surface area (Å²) in [6.45, 7) is 0. The van der Waals surface area contributed by atoms with Gasteiger partial charge in [-0.1, -0.05) is 36.0 Å². The molecule has 0 aliphatic rings. The summed E-state index contributed by atoms with van der Waals surface area (Å²) >= 11 is 0. The van der Waals surface area contributed by atoms with E-state index in [2.05, 4.69) is 45.5 Å². The predicted octanol–water partition coefficient (Wildman–Crippen LogP) is 4.70. The highest BCUT2D eigenvalue weighted by atomic mass is 16.5. The molecule has 0 radical (unpaired) electrons. The highest BCUT2D eigenvalue weighted by molar-refractivity contribution is 5.49. The van der Waals surface area contributed by atoms with Crippen molar-refractivity contribution in [2.24, 2.45) is 0 Å². The number of nitrogens with zero attached hydrogens (tertiary/aromatic N) is 2. The van der Waals surface area contributed by atoms with Gasteiger partial charge in [-0.05, 0) is 72.4 Å². The van der Waals surface area contributed by atoms with Gasteiger partial charge in [0.25, 0.3) is 0 Å². The van der Waals surface area contributed by atoms with Crippen molar-refractivity contribution >= 4 is 0 Å². The zero-order chi connectivity index (χ0) is 25.2. The molecule has 0 unspecified atom stereocenters. The maximum Gasteiger partial charge on any atom is 0.207 e. The molecule has 0 amide bonds. The van der Waals surface area contributed by atoms with Crippen LogP contribution in [0.25, 0.3) is 0 Å². The van der Waals surface area contributed by atoms with Gasteiger partial charge in [0, 0.05) is 22.8 Å². The number of benzene rings is 3. The van der Waals surface area contributed by atoms with Crippen LogP contribution in [0.4, 0.5) is 0 Å². The SMILES string of the molecule is COc1cccc(C#Cc2cc(C#Cc3cccc(OC)c3)nc(C#Cc3cccc(OC)c3)n2)c1. The van der Waals surface area contributed by atoms with Crippen molar-refractivity contribution in [1.82, 2.24) is 9.97 Å². The summed E-state index contributed by atoms with van der Waals surface area (Å²) in [4.78, 5) is 9.04. The fourth-order valence-electron chi connectivity index (χ4n) is 3.13. The monoisotopic (exact) mass is 470 g/mol. The average molecular weight is 471 g/mol. The predicted molar refractivity (Wildman–Crippen MR) is 139 cm³/mol. The lowest BCUT2D eigenvalue weighted by atomic mass is 10.2. The zero-order valence-electron chi connectivity index (χ0n) is 20.1. The van der Waals surface area contributed by atoms with Crippen LogP contribution >= 0.6 is 0 Å². The van der Waals surface area contributed by atoms with Crippen LogP contribution in [0.2, 0.25) is 0 Å². The van der Waals surface area contributed by atoms with Crippen LogP contribution < -0.4 is 14.2 Å². The van der Waals surface area contributed by atoms with E-state index >= 15 is 0 Å². The van der Waals surface area contributed by atoms with Crippen molar-refractivity contribution in [3.8, 4) is 52.8 Å². The molecule has 1 aromatic heterocycles. The first-order chi connectivity index (χ1) is 17.6. The quantitative estimate of drug-likeness (QED) is 0.406. The molecule has 0 bridgehead atoms. The summed E-state index contributed by atoms with van der Waals surface area (Å²) in [5.74, 6) is 21.1. The summed E-state index contributed by atoms with van der Waals surface area (Å²) in [6.07, 6.45) is 0. The van der Waals surface area contributed by atoms with E-state index in [1.807, 2.05) is 72.8 Å². The molecule has 0 aliphatic heterocycles. The Morgan fingerprint density at radius 2 is 0.861 bits per heavy atom. The molecule has 4 rings (SSSR count). The van der Waals surface area contributed by atoms with Gasteiger partial charge in [-0.15, -0.1) is 0 Å². The summed E-state index contributed by atoms with van der Waals surface area (Å²) < 4.78 is 15.8. The number of hydrogen-bond acceptors (Lipinski definition) is 5. The van der Waals surface area contributed by atoms with Crippen LogP contribution in [0, 0.1) is 35.5 Å². The summed E-state index contributed by atoms with van der Waals surface area (Å²) in [5.41, 5.74) is 3.42. The Bertz CT molecular complexity index is 1370. The Hall–Kier alpha value is -5.18. The number of aromatic nitrogens is 2. The van der Waals surface area contributed by atoms with Gasteiger partial charge in [-0.25, -0.2) is 9.97 Å². The van der Waals surface area contributed by atoms with Gasteiger partial charge >= 0.3 is 0 Å². The molecular weight excluding hydrogens is 448 g/mol. The van der Waals surface area contributed by atoms with Gasteiger partial charge in [0.05, 0.1) is 21.3 Å². The Morgan fingerprint density at radius 1 is 0.472 bits per heavy atom. The van der Waals surface area contributed by atoms with E-state index < -0.39 is 0 Å². The minimum Gasteiger partial charge on any atom is -0.497 e. The lowest BCUT2D eigenvalue weighted by molar-refractivity contribution is 0.414. The normalized spacial score (nSPS) is 9.42. The molecule has 5 heteroatoms. The highest BCUT2D eigenvalue weighted by Gasteiger charge is 2.01. The molecule has 0 spiro atoms. The fraction of sp³-hybridized carbons (Fsp3) is 0.0968. The molecule has 0 N–H and O–H groups in total. The summed E-state index contributed by atoms with van der Waals surface area (Å²) in [6, 6.07) is 24.3. The molecular formula is C31H22N2O3. The van der Waals surface area contributed by atoms with Gasteiger partial charge in [-0.2, -0.15) is 0 Å². The average Bonchev–Trinajstić information content (AvgIpc) is 2.94. The number of rotatable bonds is 3. The van der Waals surface area contributed by atoms with Crippen molar-refractivity contribution < 1.29 is 14.2 Å². The van der Waals surface area contributed by atoms with Crippen molar-refractivity contribution in [3.05, 3.63) is 113 Å². The molecule has 0 saturated heterocycles. The smallest absolute Gasteiger partial charge is 0.207 e. The van der Waals surface area contributed by atoms with Gasteiger partial charge in [0.15, 0.2) is 0 Å². The molecule has 0 fully saturated rings. The molecule has 174 valence electrons. The zero-order valence-corrected chi connectivity index (χ0v) is 20.1. The fourth-order valence-corrected chi connectivity index (χ4v) is 3.13. The number of methoxy groups -OCH3 is 3. The first-order valence-corrected chi connectivity index (χ1v) is 11.0. The molecule has 0 atom stereocenters. The first-order valence-electron chi connectivity index (χ1n) is 11.0. The number of hydrogen-bond donors (Lipinski definition) is 0. The molecule has 0 aliphatic carbocycles. The summed E-state index contributed by atoms with van der Waals surface area (Å²) in [7, 11) is 4.86. The Labute approximate surface area is 211 Å². The van der Waals surface area contributed by atoms with Crippen molar-refractivity contribution in [1.29, 1.82) is 0 Å². The second-order valence-electron chi connectivity index (χ2n) is 7.41. The standard InChI is InChI=1S/C31H22N2O3/c1-34-28-10-4-7-23(19-28)13-16-26-22-27(17-14-24-8-5-11-29(20-24)35-2)33-31(32-26)18-15-25-9-6-12-30(21-25)36-3/h4-12,19-22H,1-3H3. The third-order valence-electron chi connectivity index (χ3n) is 4.92. The van der Waals surface area contributed by atoms with E-state index in [0.717, 1.165) is 33.9 Å². The first kappa shape index (κ1) is 24.0. The van der Waals surface area contributed by atoms with Crippen LogP contribution in [0.3, 0.4) is 0 Å². The van der Waals surface area contributed by atoms with Crippen molar-refractivity contribution in [2.45, 2.75) is 0 Å². The molecule has 5 nitrogen and oxygen atoms in total. The Balaban J connectivity index is 1.72. The Kier molecular flexibility index (Phi) is 7.85. The highest BCUT2D eigenvalue weighted by Crippen LogP contribution is 2.14. The van der Waals surface area contributed by atoms with Gasteiger partial charge in [-0.3, -0.25) is 0 Å². The minimum absolute atomic E-state index is 0.324. The second-order valence-corrected chi connectivity index (χ2v) is 7.41. The van der Waals surface area contributed by atoms with Crippen LogP contribution in [0.15, 0.2) is 78.9 Å². The molecule has 0 saturated carbocycles. The second kappa shape index (κ2) is 11.8. The Morgan fingerprint density at radius 3 is 1.25 bits per heavy atom. The lowest BCUT2D eigenvalue weighted by Gasteiger charge is -1.99. The molecule has 3 aromatic carbocycles. The largest absolute Gasteiger partial charge is 0.497 e. The topological polar surface area (TPSA) is 53.5 Å². The third-order valence-corrected chi connectivity index (χ3v) is 4.92. The van der Waals surface area contributed by atoms with E-state index in [0.29, 0.717) is 17.2 Å². The van der Waals surface area contributed by atoms with Crippen molar-refractivity contribution in [3.63, 3.8) is 0 Å². The van der Waals surface area contributed by atoms with Crippen molar-refractivity contribution in [2.75, 3.05) is 21.3 Å². The summed E-state index contributed by atoms with van der Waals surface area (Å²) in [5, 5.41) is 0. The van der Waals surface area contributed by atoms with E-state index in [-0.39, 0.29) is 0 Å². The lowest BCUT2D eigenvalue weighted by Crippen LogP contribution is -1.97. The molecule has 36 heavy (non-hydrogen) atoms. The van der Waals surface area contributed by atoms with Crippen LogP contribution in [0.5, 0.6) is 17.2 Å². The van der Waals surface area contributed by atoms with Gasteiger partial charge in [0.1, 0.15) is 28.6 Å². The maximum atomic E-state index is 5.28. The maximum absolute atomic E-state index is 5.28. The van der Waals surface area contributed by atoms with Crippen LogP contribution in [-0.2, 0) is 0 Å². The van der Waals surface area contributed by atoms with Gasteiger partial charge in [0.2, 0.25) is 5.82 Å². The van der Waals surface area contributed by atoms with Crippen LogP contribution in [-0.4, -0.2) is 31.3 Å². The number of ether oxygens (including phenoxy) is 3. The third kappa shape index (κ3) is 6.67. The van der Waals surface area contributed by atoms with E-state index in [9.17, 15) is 0 Å². The molecule has 1 heterocycles. The van der Waals surface area contributed by atoms with E-state index in [4.69, 9.17) is 14.2 Å². The van der Waals surface area contributed by atoms with Gasteiger partial charge < -0.3 is 14.2 Å². The minimum atomic E-state index is 0.324. The van der Waals surface area contributed by atoms with E-state index in [1.54, 1.807) is 27.4 Å².